The molecular formula is C12H14FN3O2. The van der Waals surface area contributed by atoms with Crippen molar-refractivity contribution in [2.45, 2.75) is 20.0 Å². The molecule has 1 aromatic carbocycles. The van der Waals surface area contributed by atoms with Crippen LogP contribution in [-0.4, -0.2) is 23.7 Å². The van der Waals surface area contributed by atoms with Crippen LogP contribution in [0.1, 0.15) is 13.8 Å². The number of hydrogen-bond donors (Lipinski definition) is 1. The highest BCUT2D eigenvalue weighted by molar-refractivity contribution is 5.92. The maximum Gasteiger partial charge on any atom is 0.247 e. The van der Waals surface area contributed by atoms with E-state index in [2.05, 4.69) is 5.32 Å². The lowest BCUT2D eigenvalue weighted by molar-refractivity contribution is -0.119. The number of nitrogens with one attached hydrogen (secondary N) is 1. The normalized spacial score (nSPS) is 9.72. The topological polar surface area (TPSA) is 65.4 Å². The maximum atomic E-state index is 12.5. The molecule has 0 atom stereocenters. The van der Waals surface area contributed by atoms with Gasteiger partial charge in [-0.05, 0) is 38.1 Å². The van der Waals surface area contributed by atoms with Gasteiger partial charge in [0.05, 0.1) is 6.10 Å². The van der Waals surface area contributed by atoms with Crippen LogP contribution in [0.4, 0.5) is 10.2 Å². The van der Waals surface area contributed by atoms with Gasteiger partial charge in [0.15, 0.2) is 0 Å². The highest BCUT2D eigenvalue weighted by atomic mass is 19.2. The molecule has 0 aliphatic rings. The van der Waals surface area contributed by atoms with Crippen molar-refractivity contribution in [3.8, 4) is 11.9 Å². The molecule has 0 saturated heterocycles. The van der Waals surface area contributed by atoms with Crippen molar-refractivity contribution in [1.82, 2.24) is 5.12 Å². The zero-order valence-corrected chi connectivity index (χ0v) is 10.2. The Morgan fingerprint density at radius 3 is 2.61 bits per heavy atom. The highest BCUT2D eigenvalue weighted by Gasteiger charge is 2.08. The predicted octanol–water partition coefficient (Wildman–Crippen LogP) is 2.08. The van der Waals surface area contributed by atoms with Crippen molar-refractivity contribution in [3.63, 3.8) is 0 Å². The molecule has 1 amide bonds. The van der Waals surface area contributed by atoms with Crippen LogP contribution in [0.2, 0.25) is 0 Å². The molecule has 0 bridgehead atoms. The van der Waals surface area contributed by atoms with Gasteiger partial charge in [0.25, 0.3) is 0 Å². The Morgan fingerprint density at radius 1 is 1.50 bits per heavy atom. The van der Waals surface area contributed by atoms with Crippen LogP contribution in [0.3, 0.4) is 0 Å². The van der Waals surface area contributed by atoms with Crippen LogP contribution >= 0.6 is 0 Å². The van der Waals surface area contributed by atoms with Gasteiger partial charge in [0.1, 0.15) is 12.3 Å². The number of ether oxygens (including phenoxy) is 1. The van der Waals surface area contributed by atoms with Crippen molar-refractivity contribution < 1.29 is 14.0 Å². The number of hydrogen-bond acceptors (Lipinski definition) is 4. The number of nitriles is 1. The van der Waals surface area contributed by atoms with Gasteiger partial charge in [-0.25, -0.2) is 0 Å². The van der Waals surface area contributed by atoms with Crippen LogP contribution in [0.25, 0.3) is 0 Å². The standard InChI is InChI=1S/C12H14FN3O2/c1-9(2)18-11-5-3-10(4-6-11)15-12(17)7-16(13)8-14/h3-6,9H,7H2,1-2H3,(H,15,17). The average Bonchev–Trinajstić information content (AvgIpc) is 2.30. The fraction of sp³-hybridized carbons (Fsp3) is 0.333. The minimum Gasteiger partial charge on any atom is -0.491 e. The largest absolute Gasteiger partial charge is 0.491 e. The van der Waals surface area contributed by atoms with Gasteiger partial charge >= 0.3 is 0 Å². The molecule has 6 heteroatoms. The van der Waals surface area contributed by atoms with Crippen LogP contribution in [0, 0.1) is 11.5 Å². The van der Waals surface area contributed by atoms with Crippen LogP contribution < -0.4 is 10.1 Å². The summed E-state index contributed by atoms with van der Waals surface area (Å²) in [4.78, 5) is 11.3. The van der Waals surface area contributed by atoms with Crippen LogP contribution in [0.5, 0.6) is 5.75 Å². The predicted molar refractivity (Wildman–Crippen MR) is 64.3 cm³/mol. The smallest absolute Gasteiger partial charge is 0.247 e. The second-order valence-corrected chi connectivity index (χ2v) is 3.86. The molecule has 18 heavy (non-hydrogen) atoms. The fourth-order valence-electron chi connectivity index (χ4n) is 1.25. The van der Waals surface area contributed by atoms with Crippen molar-refractivity contribution in [3.05, 3.63) is 24.3 Å². The third-order valence-electron chi connectivity index (χ3n) is 1.90. The summed E-state index contributed by atoms with van der Waals surface area (Å²) in [6.07, 6.45) is 1.27. The van der Waals surface area contributed by atoms with Crippen molar-refractivity contribution in [1.29, 1.82) is 5.26 Å². The first-order chi connectivity index (χ1) is 8.51. The number of anilines is 1. The molecule has 0 spiro atoms. The molecule has 0 heterocycles. The van der Waals surface area contributed by atoms with E-state index < -0.39 is 12.5 Å². The number of halogens is 1. The number of nitrogens with zero attached hydrogens (tertiary/aromatic N) is 2. The Balaban J connectivity index is 2.53. The second kappa shape index (κ2) is 6.45. The lowest BCUT2D eigenvalue weighted by Crippen LogP contribution is -2.24. The van der Waals surface area contributed by atoms with E-state index in [1.807, 2.05) is 13.8 Å². The minimum absolute atomic E-state index is 0.0705. The Hall–Kier alpha value is -2.29. The molecule has 96 valence electrons. The van der Waals surface area contributed by atoms with Gasteiger partial charge in [-0.15, -0.1) is 5.12 Å². The van der Waals surface area contributed by atoms with E-state index >= 15 is 0 Å². The minimum atomic E-state index is -0.624. The van der Waals surface area contributed by atoms with Gasteiger partial charge in [-0.1, -0.05) is 4.48 Å². The van der Waals surface area contributed by atoms with Crippen LogP contribution in [0.15, 0.2) is 24.3 Å². The summed E-state index contributed by atoms with van der Waals surface area (Å²) in [5.74, 6) is 0.0868. The number of carbonyl (C=O) groups excluding carboxylic acids is 1. The monoisotopic (exact) mass is 251 g/mol. The lowest BCUT2D eigenvalue weighted by atomic mass is 10.3. The number of benzene rings is 1. The third-order valence-corrected chi connectivity index (χ3v) is 1.90. The molecule has 0 aliphatic carbocycles. The molecule has 0 radical (unpaired) electrons. The summed E-state index contributed by atoms with van der Waals surface area (Å²) in [6.45, 7) is 3.20. The lowest BCUT2D eigenvalue weighted by Gasteiger charge is -2.10. The molecule has 0 aliphatic heterocycles. The molecule has 1 N–H and O–H groups in total. The van der Waals surface area contributed by atoms with E-state index in [-0.39, 0.29) is 11.2 Å². The molecule has 5 nitrogen and oxygen atoms in total. The average molecular weight is 251 g/mol. The van der Waals surface area contributed by atoms with Gasteiger partial charge in [-0.3, -0.25) is 4.79 Å². The highest BCUT2D eigenvalue weighted by Crippen LogP contribution is 2.16. The van der Waals surface area contributed by atoms with Gasteiger partial charge < -0.3 is 10.1 Å². The Bertz CT molecular complexity index is 440. The molecule has 1 aromatic rings. The quantitative estimate of drug-likeness (QED) is 0.494. The van der Waals surface area contributed by atoms with Gasteiger partial charge in [0, 0.05) is 5.69 Å². The molecule has 0 saturated carbocycles. The van der Waals surface area contributed by atoms with Gasteiger partial charge in [0.2, 0.25) is 12.1 Å². The number of amides is 1. The maximum absolute atomic E-state index is 12.5. The fourth-order valence-corrected chi connectivity index (χ4v) is 1.25. The summed E-state index contributed by atoms with van der Waals surface area (Å²) in [7, 11) is 0. The van der Waals surface area contributed by atoms with E-state index in [0.717, 1.165) is 0 Å². The zero-order valence-electron chi connectivity index (χ0n) is 10.2. The first-order valence-corrected chi connectivity index (χ1v) is 5.41. The van der Waals surface area contributed by atoms with E-state index in [4.69, 9.17) is 10.00 Å². The summed E-state index contributed by atoms with van der Waals surface area (Å²) >= 11 is 0. The molecule has 0 unspecified atom stereocenters. The zero-order chi connectivity index (χ0) is 13.5. The van der Waals surface area contributed by atoms with Crippen molar-refractivity contribution in [2.24, 2.45) is 0 Å². The summed E-state index contributed by atoms with van der Waals surface area (Å²) in [6, 6.07) is 6.69. The number of rotatable bonds is 5. The van der Waals surface area contributed by atoms with E-state index in [0.29, 0.717) is 11.4 Å². The first kappa shape index (κ1) is 13.8. The molecule has 0 aromatic heterocycles. The Morgan fingerprint density at radius 2 is 2.11 bits per heavy atom. The number of carbonyl (C=O) groups is 1. The molecular weight excluding hydrogens is 237 g/mol. The summed E-state index contributed by atoms with van der Waals surface area (Å²) < 4.78 is 17.9. The van der Waals surface area contributed by atoms with Crippen molar-refractivity contribution in [2.75, 3.05) is 11.9 Å². The first-order valence-electron chi connectivity index (χ1n) is 5.41. The van der Waals surface area contributed by atoms with Crippen LogP contribution in [-0.2, 0) is 4.79 Å². The van der Waals surface area contributed by atoms with E-state index in [1.165, 1.54) is 6.19 Å². The van der Waals surface area contributed by atoms with E-state index in [1.54, 1.807) is 24.3 Å². The molecule has 1 rings (SSSR count). The summed E-state index contributed by atoms with van der Waals surface area (Å²) in [5.41, 5.74) is 0.516. The third kappa shape index (κ3) is 4.70. The Labute approximate surface area is 105 Å². The van der Waals surface area contributed by atoms with Crippen molar-refractivity contribution >= 4 is 11.6 Å². The second-order valence-electron chi connectivity index (χ2n) is 3.86. The van der Waals surface area contributed by atoms with Gasteiger partial charge in [-0.2, -0.15) is 5.26 Å². The summed E-state index contributed by atoms with van der Waals surface area (Å²) in [5, 5.41) is 10.4. The molecule has 0 fully saturated rings. The Kier molecular flexibility index (Phi) is 4.93. The SMILES string of the molecule is CC(C)Oc1ccc(NC(=O)CN(F)C#N)cc1. The van der Waals surface area contributed by atoms with E-state index in [9.17, 15) is 9.28 Å².